The largest absolute Gasteiger partial charge is 0.497 e. The van der Waals surface area contributed by atoms with Crippen molar-refractivity contribution in [3.63, 3.8) is 0 Å². The van der Waals surface area contributed by atoms with E-state index in [1.54, 1.807) is 31.4 Å². The molecule has 0 aromatic heterocycles. The van der Waals surface area contributed by atoms with Crippen molar-refractivity contribution < 1.29 is 14.3 Å². The summed E-state index contributed by atoms with van der Waals surface area (Å²) >= 11 is 0. The van der Waals surface area contributed by atoms with Crippen LogP contribution < -0.4 is 20.3 Å². The number of nitrogens with zero attached hydrogens (tertiary/aromatic N) is 1. The fourth-order valence-corrected chi connectivity index (χ4v) is 4.30. The van der Waals surface area contributed by atoms with Crippen molar-refractivity contribution in [1.82, 2.24) is 10.6 Å². The van der Waals surface area contributed by atoms with Crippen LogP contribution in [0, 0.1) is 0 Å². The average Bonchev–Trinajstić information content (AvgIpc) is 3.21. The number of carbonyl (C=O) groups is 2. The Morgan fingerprint density at radius 1 is 1.07 bits per heavy atom. The van der Waals surface area contributed by atoms with E-state index >= 15 is 0 Å². The number of fused-ring (bicyclic) bond motifs is 1. The summed E-state index contributed by atoms with van der Waals surface area (Å²) in [5, 5.41) is 6.03. The van der Waals surface area contributed by atoms with E-state index in [9.17, 15) is 9.59 Å². The highest BCUT2D eigenvalue weighted by molar-refractivity contribution is 6.07. The number of amides is 3. The summed E-state index contributed by atoms with van der Waals surface area (Å²) in [7, 11) is 1.61. The molecule has 1 saturated carbocycles. The molecule has 1 fully saturated rings. The summed E-state index contributed by atoms with van der Waals surface area (Å²) in [6, 6.07) is 13.5. The molecule has 30 heavy (non-hydrogen) atoms. The van der Waals surface area contributed by atoms with Gasteiger partial charge in [-0.1, -0.05) is 31.4 Å². The number of anilines is 1. The van der Waals surface area contributed by atoms with Crippen LogP contribution in [-0.4, -0.2) is 31.6 Å². The molecule has 0 unspecified atom stereocenters. The summed E-state index contributed by atoms with van der Waals surface area (Å²) in [6.45, 7) is 1.11. The van der Waals surface area contributed by atoms with Gasteiger partial charge in [0, 0.05) is 30.4 Å². The molecule has 0 spiro atoms. The zero-order chi connectivity index (χ0) is 20.9. The van der Waals surface area contributed by atoms with E-state index in [0.29, 0.717) is 18.7 Å². The van der Waals surface area contributed by atoms with E-state index in [0.717, 1.165) is 41.8 Å². The van der Waals surface area contributed by atoms with Crippen molar-refractivity contribution in [2.75, 3.05) is 18.6 Å². The first-order valence-corrected chi connectivity index (χ1v) is 10.8. The molecule has 2 aromatic carbocycles. The van der Waals surface area contributed by atoms with E-state index in [-0.39, 0.29) is 18.0 Å². The fourth-order valence-electron chi connectivity index (χ4n) is 4.30. The second kappa shape index (κ2) is 9.20. The second-order valence-corrected chi connectivity index (χ2v) is 8.06. The first kappa shape index (κ1) is 20.3. The number of ether oxygens (including phenoxy) is 1. The maximum atomic E-state index is 13.0. The molecule has 0 bridgehead atoms. The van der Waals surface area contributed by atoms with Gasteiger partial charge in [-0.2, -0.15) is 0 Å². The van der Waals surface area contributed by atoms with Crippen LogP contribution in [0.25, 0.3) is 0 Å². The average molecular weight is 408 g/mol. The number of methoxy groups -OCH3 is 1. The standard InChI is InChI=1S/C24H29N3O3/c1-30-21-11-9-19(10-12-21)23(28)27-14-13-18-8-7-17(15-22(18)27)16-25-24(29)26-20-5-3-2-4-6-20/h7-12,15,20H,2-6,13-14,16H2,1H3,(H2,25,26,29). The van der Waals surface area contributed by atoms with Gasteiger partial charge in [0.05, 0.1) is 7.11 Å². The molecule has 0 saturated heterocycles. The lowest BCUT2D eigenvalue weighted by Gasteiger charge is -2.23. The topological polar surface area (TPSA) is 70.7 Å². The Labute approximate surface area is 177 Å². The van der Waals surface area contributed by atoms with E-state index < -0.39 is 0 Å². The minimum absolute atomic E-state index is 0.0171. The summed E-state index contributed by atoms with van der Waals surface area (Å²) in [5.74, 6) is 0.713. The molecule has 2 aromatic rings. The number of nitrogens with one attached hydrogen (secondary N) is 2. The number of carbonyl (C=O) groups excluding carboxylic acids is 2. The molecular weight excluding hydrogens is 378 g/mol. The van der Waals surface area contributed by atoms with Gasteiger partial charge in [0.2, 0.25) is 0 Å². The predicted molar refractivity (Wildman–Crippen MR) is 117 cm³/mol. The van der Waals surface area contributed by atoms with Crippen molar-refractivity contribution in [3.8, 4) is 5.75 Å². The number of hydrogen-bond acceptors (Lipinski definition) is 3. The quantitative estimate of drug-likeness (QED) is 0.786. The molecule has 1 heterocycles. The van der Waals surface area contributed by atoms with Crippen molar-refractivity contribution in [1.29, 1.82) is 0 Å². The molecule has 2 aliphatic rings. The molecule has 0 atom stereocenters. The summed E-state index contributed by atoms with van der Waals surface area (Å²) in [5.41, 5.74) is 3.72. The van der Waals surface area contributed by atoms with Crippen molar-refractivity contribution in [2.45, 2.75) is 51.1 Å². The third-order valence-electron chi connectivity index (χ3n) is 6.02. The molecule has 4 rings (SSSR count). The number of rotatable bonds is 5. The van der Waals surface area contributed by atoms with E-state index in [2.05, 4.69) is 16.7 Å². The van der Waals surface area contributed by atoms with Crippen LogP contribution in [0.1, 0.15) is 53.6 Å². The van der Waals surface area contributed by atoms with Gasteiger partial charge in [0.15, 0.2) is 0 Å². The molecule has 1 aliphatic heterocycles. The Balaban J connectivity index is 1.39. The molecule has 2 N–H and O–H groups in total. The Hall–Kier alpha value is -3.02. The van der Waals surface area contributed by atoms with Crippen LogP contribution in [0.5, 0.6) is 5.75 Å². The fraction of sp³-hybridized carbons (Fsp3) is 0.417. The third kappa shape index (κ3) is 4.58. The van der Waals surface area contributed by atoms with Gasteiger partial charge in [-0.3, -0.25) is 4.79 Å². The SMILES string of the molecule is COc1ccc(C(=O)N2CCc3ccc(CNC(=O)NC4CCCCC4)cc32)cc1. The van der Waals surface area contributed by atoms with Crippen molar-refractivity contribution >= 4 is 17.6 Å². The zero-order valence-corrected chi connectivity index (χ0v) is 17.4. The number of urea groups is 1. The highest BCUT2D eigenvalue weighted by Crippen LogP contribution is 2.30. The minimum Gasteiger partial charge on any atom is -0.497 e. The second-order valence-electron chi connectivity index (χ2n) is 8.06. The normalized spacial score (nSPS) is 16.1. The minimum atomic E-state index is -0.117. The molecular formula is C24H29N3O3. The Bertz CT molecular complexity index is 904. The molecule has 0 radical (unpaired) electrons. The third-order valence-corrected chi connectivity index (χ3v) is 6.02. The lowest BCUT2D eigenvalue weighted by molar-refractivity contribution is 0.0989. The van der Waals surface area contributed by atoms with Gasteiger partial charge in [0.25, 0.3) is 5.91 Å². The lowest BCUT2D eigenvalue weighted by Crippen LogP contribution is -2.42. The van der Waals surface area contributed by atoms with Crippen LogP contribution in [0.15, 0.2) is 42.5 Å². The van der Waals surface area contributed by atoms with Crippen LogP contribution in [-0.2, 0) is 13.0 Å². The maximum Gasteiger partial charge on any atom is 0.315 e. The predicted octanol–water partition coefficient (Wildman–Crippen LogP) is 4.03. The van der Waals surface area contributed by atoms with E-state index in [1.807, 2.05) is 17.0 Å². The number of benzene rings is 2. The first-order valence-electron chi connectivity index (χ1n) is 10.8. The van der Waals surface area contributed by atoms with E-state index in [4.69, 9.17) is 4.74 Å². The van der Waals surface area contributed by atoms with Gasteiger partial charge < -0.3 is 20.3 Å². The van der Waals surface area contributed by atoms with Crippen molar-refractivity contribution in [3.05, 3.63) is 59.2 Å². The first-order chi connectivity index (χ1) is 14.6. The monoisotopic (exact) mass is 407 g/mol. The molecule has 1 aliphatic carbocycles. The Morgan fingerprint density at radius 3 is 2.57 bits per heavy atom. The van der Waals surface area contributed by atoms with Gasteiger partial charge in [-0.25, -0.2) is 4.79 Å². The summed E-state index contributed by atoms with van der Waals surface area (Å²) in [4.78, 5) is 27.1. The Morgan fingerprint density at radius 2 is 1.83 bits per heavy atom. The lowest BCUT2D eigenvalue weighted by atomic mass is 9.96. The molecule has 3 amide bonds. The molecule has 6 heteroatoms. The van der Waals surface area contributed by atoms with Gasteiger partial charge in [0.1, 0.15) is 5.75 Å². The van der Waals surface area contributed by atoms with Gasteiger partial charge >= 0.3 is 6.03 Å². The number of hydrogen-bond donors (Lipinski definition) is 2. The Kier molecular flexibility index (Phi) is 6.21. The zero-order valence-electron chi connectivity index (χ0n) is 17.4. The smallest absolute Gasteiger partial charge is 0.315 e. The van der Waals surface area contributed by atoms with Crippen LogP contribution in [0.3, 0.4) is 0 Å². The van der Waals surface area contributed by atoms with Crippen LogP contribution in [0.4, 0.5) is 10.5 Å². The van der Waals surface area contributed by atoms with Gasteiger partial charge in [-0.05, 0) is 60.7 Å². The highest BCUT2D eigenvalue weighted by Gasteiger charge is 2.26. The van der Waals surface area contributed by atoms with E-state index in [1.165, 1.54) is 19.3 Å². The molecule has 6 nitrogen and oxygen atoms in total. The van der Waals surface area contributed by atoms with Gasteiger partial charge in [-0.15, -0.1) is 0 Å². The van der Waals surface area contributed by atoms with Crippen LogP contribution in [0.2, 0.25) is 0 Å². The maximum absolute atomic E-state index is 13.0. The highest BCUT2D eigenvalue weighted by atomic mass is 16.5. The van der Waals surface area contributed by atoms with Crippen LogP contribution >= 0.6 is 0 Å². The summed E-state index contributed by atoms with van der Waals surface area (Å²) in [6.07, 6.45) is 6.61. The summed E-state index contributed by atoms with van der Waals surface area (Å²) < 4.78 is 5.18. The van der Waals surface area contributed by atoms with Crippen molar-refractivity contribution in [2.24, 2.45) is 0 Å². The molecule has 158 valence electrons.